The number of ether oxygens (including phenoxy) is 4. The summed E-state index contributed by atoms with van der Waals surface area (Å²) in [4.78, 5) is 2.58. The first kappa shape index (κ1) is 24.1. The number of hydrogen-bond acceptors (Lipinski definition) is 6. The van der Waals surface area contributed by atoms with Crippen molar-refractivity contribution >= 4 is 24.8 Å². The fraction of sp³-hybridized carbons (Fsp3) is 0.684. The molecule has 1 aromatic rings. The largest absolute Gasteiger partial charge is 0.496 e. The molecule has 0 spiro atoms. The number of nitrogens with zero attached hydrogens (tertiary/aromatic N) is 1. The van der Waals surface area contributed by atoms with Gasteiger partial charge in [0.2, 0.25) is 0 Å². The highest BCUT2D eigenvalue weighted by Gasteiger charge is 2.34. The molecule has 2 saturated heterocycles. The molecule has 1 N–H and O–H groups in total. The highest BCUT2D eigenvalue weighted by atomic mass is 35.5. The summed E-state index contributed by atoms with van der Waals surface area (Å²) in [6.45, 7) is 5.80. The van der Waals surface area contributed by atoms with Gasteiger partial charge in [0.1, 0.15) is 5.75 Å². The highest BCUT2D eigenvalue weighted by molar-refractivity contribution is 5.85. The summed E-state index contributed by atoms with van der Waals surface area (Å²) in [6.07, 6.45) is 2.15. The molecule has 1 atom stereocenters. The molecule has 8 heteroatoms. The zero-order chi connectivity index (χ0) is 17.6. The minimum absolute atomic E-state index is 0. The fourth-order valence-corrected chi connectivity index (χ4v) is 4.02. The lowest BCUT2D eigenvalue weighted by Gasteiger charge is -2.41. The van der Waals surface area contributed by atoms with Crippen molar-refractivity contribution in [2.45, 2.75) is 18.9 Å². The van der Waals surface area contributed by atoms with E-state index in [2.05, 4.69) is 16.3 Å². The van der Waals surface area contributed by atoms with Crippen LogP contribution in [0.2, 0.25) is 0 Å². The smallest absolute Gasteiger partial charge is 0.164 e. The van der Waals surface area contributed by atoms with Crippen molar-refractivity contribution < 1.29 is 18.9 Å². The minimum atomic E-state index is 0. The monoisotopic (exact) mass is 422 g/mol. The molecular formula is C19H32Cl2N2O4. The minimum Gasteiger partial charge on any atom is -0.496 e. The van der Waals surface area contributed by atoms with Crippen LogP contribution in [-0.4, -0.2) is 65.6 Å². The van der Waals surface area contributed by atoms with E-state index in [1.54, 1.807) is 21.3 Å². The van der Waals surface area contributed by atoms with Crippen molar-refractivity contribution in [1.29, 1.82) is 0 Å². The summed E-state index contributed by atoms with van der Waals surface area (Å²) < 4.78 is 22.4. The van der Waals surface area contributed by atoms with Gasteiger partial charge in [-0.2, -0.15) is 0 Å². The van der Waals surface area contributed by atoms with E-state index < -0.39 is 0 Å². The van der Waals surface area contributed by atoms with Gasteiger partial charge in [-0.25, -0.2) is 0 Å². The normalized spacial score (nSPS) is 19.4. The van der Waals surface area contributed by atoms with Gasteiger partial charge in [0.05, 0.1) is 21.3 Å². The van der Waals surface area contributed by atoms with E-state index in [-0.39, 0.29) is 24.8 Å². The van der Waals surface area contributed by atoms with E-state index in [9.17, 15) is 0 Å². The lowest BCUT2D eigenvalue weighted by atomic mass is 9.85. The van der Waals surface area contributed by atoms with Gasteiger partial charge < -0.3 is 24.3 Å². The average molecular weight is 423 g/mol. The van der Waals surface area contributed by atoms with Crippen LogP contribution in [0.1, 0.15) is 24.4 Å². The SMILES string of the molecule is COc1cc(OC)c([C@@H](C2CCOCC2)N2CCNCC2)cc1OC.Cl.Cl. The van der Waals surface area contributed by atoms with Gasteiger partial charge >= 0.3 is 0 Å². The molecule has 0 aromatic heterocycles. The standard InChI is InChI=1S/C19H30N2O4.2ClH/c1-22-16-13-18(24-3)17(23-2)12-15(16)19(14-4-10-25-11-5-14)21-8-6-20-7-9-21;;/h12-14,19-20H,4-11H2,1-3H3;2*1H/t19-;;/m1../s1. The summed E-state index contributed by atoms with van der Waals surface area (Å²) in [7, 11) is 5.06. The molecule has 2 heterocycles. The zero-order valence-electron chi connectivity index (χ0n) is 16.4. The molecule has 2 aliphatic rings. The van der Waals surface area contributed by atoms with Gasteiger partial charge in [-0.15, -0.1) is 24.8 Å². The summed E-state index contributed by atoms with van der Waals surface area (Å²) in [6, 6.07) is 4.35. The molecule has 2 fully saturated rings. The van der Waals surface area contributed by atoms with Gasteiger partial charge in [0.25, 0.3) is 0 Å². The van der Waals surface area contributed by atoms with Crippen molar-refractivity contribution in [3.05, 3.63) is 17.7 Å². The first-order valence-electron chi connectivity index (χ1n) is 9.11. The Morgan fingerprint density at radius 1 is 0.926 bits per heavy atom. The van der Waals surface area contributed by atoms with Crippen molar-refractivity contribution in [2.24, 2.45) is 5.92 Å². The second kappa shape index (κ2) is 11.8. The number of piperazine rings is 1. The Hall–Kier alpha value is -0.920. The fourth-order valence-electron chi connectivity index (χ4n) is 4.02. The Labute approximate surface area is 174 Å². The molecule has 3 rings (SSSR count). The number of benzene rings is 1. The molecule has 2 aliphatic heterocycles. The van der Waals surface area contributed by atoms with Crippen LogP contribution in [0.4, 0.5) is 0 Å². The lowest BCUT2D eigenvalue weighted by molar-refractivity contribution is 0.0205. The molecule has 1 aromatic carbocycles. The lowest BCUT2D eigenvalue weighted by Crippen LogP contribution is -2.47. The maximum absolute atomic E-state index is 5.74. The maximum Gasteiger partial charge on any atom is 0.164 e. The number of rotatable bonds is 6. The van der Waals surface area contributed by atoms with E-state index in [1.807, 2.05) is 6.07 Å². The molecule has 0 amide bonds. The van der Waals surface area contributed by atoms with Crippen LogP contribution in [0.25, 0.3) is 0 Å². The molecule has 0 saturated carbocycles. The van der Waals surface area contributed by atoms with Crippen LogP contribution >= 0.6 is 24.8 Å². The van der Waals surface area contributed by atoms with Crippen molar-refractivity contribution in [3.63, 3.8) is 0 Å². The van der Waals surface area contributed by atoms with Gasteiger partial charge in [-0.3, -0.25) is 4.90 Å². The first-order valence-corrected chi connectivity index (χ1v) is 9.11. The predicted octanol–water partition coefficient (Wildman–Crippen LogP) is 2.93. The Morgan fingerprint density at radius 3 is 2.04 bits per heavy atom. The summed E-state index contributed by atoms with van der Waals surface area (Å²) in [5.41, 5.74) is 1.19. The van der Waals surface area contributed by atoms with Gasteiger partial charge in [-0.1, -0.05) is 0 Å². The third-order valence-electron chi connectivity index (χ3n) is 5.31. The first-order chi connectivity index (χ1) is 12.3. The van der Waals surface area contributed by atoms with Crippen LogP contribution in [0.15, 0.2) is 12.1 Å². The third-order valence-corrected chi connectivity index (χ3v) is 5.31. The Bertz CT molecular complexity index is 547. The molecule has 156 valence electrons. The highest BCUT2D eigenvalue weighted by Crippen LogP contribution is 2.44. The number of hydrogen-bond donors (Lipinski definition) is 1. The van der Waals surface area contributed by atoms with E-state index in [0.29, 0.717) is 17.7 Å². The second-order valence-electron chi connectivity index (χ2n) is 6.63. The molecular weight excluding hydrogens is 391 g/mol. The van der Waals surface area contributed by atoms with E-state index in [4.69, 9.17) is 18.9 Å². The number of nitrogens with one attached hydrogen (secondary N) is 1. The quantitative estimate of drug-likeness (QED) is 0.760. The van der Waals surface area contributed by atoms with Crippen molar-refractivity contribution in [2.75, 3.05) is 60.7 Å². The number of halogens is 2. The Morgan fingerprint density at radius 2 is 1.48 bits per heavy atom. The predicted molar refractivity (Wildman–Crippen MR) is 111 cm³/mol. The molecule has 6 nitrogen and oxygen atoms in total. The van der Waals surface area contributed by atoms with Gasteiger partial charge in [0, 0.05) is 57.1 Å². The molecule has 0 bridgehead atoms. The van der Waals surface area contributed by atoms with Crippen LogP contribution < -0.4 is 19.5 Å². The summed E-state index contributed by atoms with van der Waals surface area (Å²) >= 11 is 0. The zero-order valence-corrected chi connectivity index (χ0v) is 18.0. The van der Waals surface area contributed by atoms with Crippen LogP contribution in [0.5, 0.6) is 17.2 Å². The van der Waals surface area contributed by atoms with Gasteiger partial charge in [0.15, 0.2) is 11.5 Å². The molecule has 0 radical (unpaired) electrons. The van der Waals surface area contributed by atoms with Crippen LogP contribution in [0, 0.1) is 5.92 Å². The molecule has 0 aliphatic carbocycles. The van der Waals surface area contributed by atoms with E-state index >= 15 is 0 Å². The third kappa shape index (κ3) is 5.55. The average Bonchev–Trinajstić information content (AvgIpc) is 2.69. The van der Waals surface area contributed by atoms with E-state index in [1.165, 1.54) is 5.56 Å². The Kier molecular flexibility index (Phi) is 10.6. The van der Waals surface area contributed by atoms with Gasteiger partial charge in [-0.05, 0) is 24.8 Å². The second-order valence-corrected chi connectivity index (χ2v) is 6.63. The topological polar surface area (TPSA) is 52.2 Å². The summed E-state index contributed by atoms with van der Waals surface area (Å²) in [5, 5.41) is 3.45. The van der Waals surface area contributed by atoms with Crippen LogP contribution in [-0.2, 0) is 4.74 Å². The van der Waals surface area contributed by atoms with Crippen molar-refractivity contribution in [1.82, 2.24) is 10.2 Å². The van der Waals surface area contributed by atoms with E-state index in [0.717, 1.165) is 63.7 Å². The maximum atomic E-state index is 5.74. The van der Waals surface area contributed by atoms with Crippen molar-refractivity contribution in [3.8, 4) is 17.2 Å². The molecule has 0 unspecified atom stereocenters. The number of methoxy groups -OCH3 is 3. The molecule has 27 heavy (non-hydrogen) atoms. The Balaban J connectivity index is 0.00000182. The van der Waals surface area contributed by atoms with Crippen LogP contribution in [0.3, 0.4) is 0 Å². The summed E-state index contributed by atoms with van der Waals surface area (Å²) in [5.74, 6) is 2.88.